The molecule has 1 fully saturated rings. The molecule has 1 aliphatic rings. The van der Waals surface area contributed by atoms with E-state index >= 15 is 0 Å². The van der Waals surface area contributed by atoms with Gasteiger partial charge in [0.05, 0.1) is 40.1 Å². The lowest BCUT2D eigenvalue weighted by Crippen LogP contribution is -2.23. The second-order valence-corrected chi connectivity index (χ2v) is 10.5. The van der Waals surface area contributed by atoms with Crippen molar-refractivity contribution in [1.29, 1.82) is 0 Å². The van der Waals surface area contributed by atoms with Gasteiger partial charge in [-0.25, -0.2) is 9.67 Å². The first kappa shape index (κ1) is 24.3. The SMILES string of the molecule is O=C(Nc1cnc(N2CCCS2(O)O)c(Cl)c1)c1cnn(-c2cccc3ccncc23)c1C(F)(F)F. The number of halogens is 4. The highest BCUT2D eigenvalue weighted by atomic mass is 35.5. The fraction of sp³-hybridized carbons (Fsp3) is 0.182. The zero-order valence-corrected chi connectivity index (χ0v) is 19.8. The zero-order valence-electron chi connectivity index (χ0n) is 18.3. The number of benzene rings is 1. The molecule has 3 aromatic heterocycles. The number of anilines is 2. The molecule has 1 aromatic carbocycles. The number of rotatable bonds is 4. The van der Waals surface area contributed by atoms with Gasteiger partial charge in [0.2, 0.25) is 0 Å². The molecule has 1 amide bonds. The van der Waals surface area contributed by atoms with Crippen molar-refractivity contribution in [1.82, 2.24) is 19.7 Å². The maximum absolute atomic E-state index is 14.1. The van der Waals surface area contributed by atoms with Crippen molar-refractivity contribution in [3.8, 4) is 5.69 Å². The molecule has 0 aliphatic carbocycles. The van der Waals surface area contributed by atoms with Crippen LogP contribution in [0, 0.1) is 0 Å². The summed E-state index contributed by atoms with van der Waals surface area (Å²) in [5, 5.41) is 7.33. The van der Waals surface area contributed by atoms with E-state index in [4.69, 9.17) is 11.6 Å². The van der Waals surface area contributed by atoms with Gasteiger partial charge in [-0.15, -0.1) is 10.8 Å². The monoisotopic (exact) mass is 538 g/mol. The molecular weight excluding hydrogens is 521 g/mol. The standard InChI is InChI=1S/C22H18ClF3N6O3S/c23-17-9-14(10-28-20(17)31-7-2-8-36(31,34)35)30-21(33)16-12-29-32(19(16)22(24,25)26)18-4-1-3-13-5-6-27-11-15(13)18/h1,3-6,9-12,34-35H,2,7-8H2,(H,30,33). The van der Waals surface area contributed by atoms with E-state index in [0.717, 1.165) is 6.20 Å². The van der Waals surface area contributed by atoms with E-state index in [2.05, 4.69) is 20.4 Å². The molecule has 1 aliphatic heterocycles. The van der Waals surface area contributed by atoms with E-state index in [1.54, 1.807) is 18.2 Å². The van der Waals surface area contributed by atoms with Crippen LogP contribution in [0.2, 0.25) is 5.02 Å². The molecular formula is C22H18ClF3N6O3S. The van der Waals surface area contributed by atoms with E-state index in [-0.39, 0.29) is 28.0 Å². The number of nitrogens with one attached hydrogen (secondary N) is 1. The van der Waals surface area contributed by atoms with E-state index in [1.165, 1.54) is 35.0 Å². The highest BCUT2D eigenvalue weighted by Crippen LogP contribution is 2.52. The number of aromatic nitrogens is 4. The summed E-state index contributed by atoms with van der Waals surface area (Å²) in [4.78, 5) is 21.0. The van der Waals surface area contributed by atoms with Crippen molar-refractivity contribution in [2.24, 2.45) is 0 Å². The third-order valence-corrected chi connectivity index (χ3v) is 7.80. The topological polar surface area (TPSA) is 116 Å². The number of amides is 1. The molecule has 4 aromatic rings. The van der Waals surface area contributed by atoms with Gasteiger partial charge in [0.25, 0.3) is 5.91 Å². The first-order valence-electron chi connectivity index (χ1n) is 10.5. The van der Waals surface area contributed by atoms with Crippen LogP contribution in [0.3, 0.4) is 0 Å². The average molecular weight is 539 g/mol. The zero-order chi connectivity index (χ0) is 25.7. The molecule has 0 spiro atoms. The maximum Gasteiger partial charge on any atom is 0.434 e. The lowest BCUT2D eigenvalue weighted by Gasteiger charge is -2.37. The molecule has 1 saturated heterocycles. The number of pyridine rings is 2. The van der Waals surface area contributed by atoms with E-state index in [9.17, 15) is 27.1 Å². The minimum atomic E-state index is -4.91. The van der Waals surface area contributed by atoms with Crippen molar-refractivity contribution in [2.45, 2.75) is 12.6 Å². The van der Waals surface area contributed by atoms with Gasteiger partial charge in [-0.1, -0.05) is 23.7 Å². The largest absolute Gasteiger partial charge is 0.434 e. The van der Waals surface area contributed by atoms with Crippen LogP contribution in [0.4, 0.5) is 24.7 Å². The first-order valence-corrected chi connectivity index (χ1v) is 12.6. The van der Waals surface area contributed by atoms with Gasteiger partial charge in [0, 0.05) is 24.3 Å². The summed E-state index contributed by atoms with van der Waals surface area (Å²) in [6.45, 7) is 0.332. The van der Waals surface area contributed by atoms with Gasteiger partial charge in [-0.2, -0.15) is 18.3 Å². The van der Waals surface area contributed by atoms with Crippen LogP contribution in [0.15, 0.2) is 55.1 Å². The Balaban J connectivity index is 1.49. The Hall–Kier alpha value is -3.39. The fourth-order valence-electron chi connectivity index (χ4n) is 4.04. The molecule has 5 rings (SSSR count). The van der Waals surface area contributed by atoms with E-state index < -0.39 is 34.1 Å². The lowest BCUT2D eigenvalue weighted by molar-refractivity contribution is -0.143. The molecule has 0 atom stereocenters. The average Bonchev–Trinajstić information content (AvgIpc) is 3.42. The normalized spacial score (nSPS) is 16.3. The highest BCUT2D eigenvalue weighted by molar-refractivity contribution is 8.25. The Morgan fingerprint density at radius 3 is 2.67 bits per heavy atom. The second-order valence-electron chi connectivity index (χ2n) is 7.97. The number of nitrogens with zero attached hydrogens (tertiary/aromatic N) is 5. The Kier molecular flexibility index (Phi) is 6.03. The van der Waals surface area contributed by atoms with Crippen molar-refractivity contribution < 1.29 is 27.1 Å². The maximum atomic E-state index is 14.1. The second kappa shape index (κ2) is 8.92. The summed E-state index contributed by atoms with van der Waals surface area (Å²) in [7, 11) is -3.04. The summed E-state index contributed by atoms with van der Waals surface area (Å²) in [5.74, 6) is -0.774. The summed E-state index contributed by atoms with van der Waals surface area (Å²) >= 11 is 6.24. The predicted molar refractivity (Wildman–Crippen MR) is 131 cm³/mol. The lowest BCUT2D eigenvalue weighted by atomic mass is 10.1. The molecule has 0 unspecified atom stereocenters. The van der Waals surface area contributed by atoms with Crippen molar-refractivity contribution in [3.63, 3.8) is 0 Å². The van der Waals surface area contributed by atoms with Crippen LogP contribution < -0.4 is 9.62 Å². The van der Waals surface area contributed by atoms with Crippen molar-refractivity contribution in [2.75, 3.05) is 21.9 Å². The third kappa shape index (κ3) is 4.34. The van der Waals surface area contributed by atoms with E-state index in [1.807, 2.05) is 0 Å². The number of hydrogen-bond acceptors (Lipinski definition) is 7. The van der Waals surface area contributed by atoms with E-state index in [0.29, 0.717) is 28.4 Å². The van der Waals surface area contributed by atoms with Crippen LogP contribution in [-0.4, -0.2) is 47.1 Å². The summed E-state index contributed by atoms with van der Waals surface area (Å²) in [6.07, 6.45) is 0.608. The quantitative estimate of drug-likeness (QED) is 0.309. The number of fused-ring (bicyclic) bond motifs is 1. The predicted octanol–water partition coefficient (Wildman–Crippen LogP) is 5.62. The molecule has 9 nitrogen and oxygen atoms in total. The smallest absolute Gasteiger partial charge is 0.320 e. The van der Waals surface area contributed by atoms with Crippen molar-refractivity contribution >= 4 is 50.6 Å². The summed E-state index contributed by atoms with van der Waals surface area (Å²) in [5.41, 5.74) is -1.80. The van der Waals surface area contributed by atoms with Crippen LogP contribution >= 0.6 is 22.4 Å². The number of hydrogen-bond donors (Lipinski definition) is 3. The molecule has 14 heteroatoms. The van der Waals surface area contributed by atoms with Crippen LogP contribution in [-0.2, 0) is 6.18 Å². The van der Waals surface area contributed by atoms with Crippen LogP contribution in [0.5, 0.6) is 0 Å². The number of alkyl halides is 3. The van der Waals surface area contributed by atoms with Gasteiger partial charge < -0.3 is 5.32 Å². The molecule has 0 radical (unpaired) electrons. The molecule has 4 heterocycles. The third-order valence-electron chi connectivity index (χ3n) is 5.62. The van der Waals surface area contributed by atoms with Gasteiger partial charge in [-0.3, -0.25) is 23.2 Å². The summed E-state index contributed by atoms with van der Waals surface area (Å²) < 4.78 is 64.7. The molecule has 3 N–H and O–H groups in total. The number of carbonyl (C=O) groups excluding carboxylic acids is 1. The first-order chi connectivity index (χ1) is 17.1. The Morgan fingerprint density at radius 2 is 1.97 bits per heavy atom. The van der Waals surface area contributed by atoms with Crippen LogP contribution in [0.1, 0.15) is 22.5 Å². The molecule has 0 saturated carbocycles. The minimum absolute atomic E-state index is 0.00432. The summed E-state index contributed by atoms with van der Waals surface area (Å²) in [6, 6.07) is 7.71. The minimum Gasteiger partial charge on any atom is -0.320 e. The van der Waals surface area contributed by atoms with Gasteiger partial charge in [0.15, 0.2) is 11.5 Å². The highest BCUT2D eigenvalue weighted by Gasteiger charge is 2.41. The fourth-order valence-corrected chi connectivity index (χ4v) is 5.93. The molecule has 0 bridgehead atoms. The van der Waals surface area contributed by atoms with Crippen molar-refractivity contribution in [3.05, 3.63) is 71.4 Å². The van der Waals surface area contributed by atoms with Gasteiger partial charge in [-0.05, 0) is 30.0 Å². The Bertz CT molecular complexity index is 1470. The Morgan fingerprint density at radius 1 is 1.17 bits per heavy atom. The molecule has 188 valence electrons. The molecule has 36 heavy (non-hydrogen) atoms. The number of carbonyl (C=O) groups is 1. The van der Waals surface area contributed by atoms with Gasteiger partial charge >= 0.3 is 6.18 Å². The Labute approximate surface area is 209 Å². The van der Waals surface area contributed by atoms with Crippen LogP contribution in [0.25, 0.3) is 16.5 Å². The van der Waals surface area contributed by atoms with Gasteiger partial charge in [0.1, 0.15) is 0 Å².